The maximum absolute atomic E-state index is 10.8. The lowest BCUT2D eigenvalue weighted by Gasteiger charge is -2.11. The Bertz CT molecular complexity index is 394. The number of nitrogens with zero attached hydrogens (tertiary/aromatic N) is 1. The van der Waals surface area contributed by atoms with Crippen molar-refractivity contribution in [2.24, 2.45) is 0 Å². The van der Waals surface area contributed by atoms with Crippen LogP contribution in [0.4, 0.5) is 5.69 Å². The van der Waals surface area contributed by atoms with Crippen LogP contribution >= 0.6 is 15.9 Å². The van der Waals surface area contributed by atoms with Crippen LogP contribution in [-0.2, 0) is 0 Å². The van der Waals surface area contributed by atoms with Gasteiger partial charge in [0.1, 0.15) is 0 Å². The summed E-state index contributed by atoms with van der Waals surface area (Å²) < 4.78 is 0.600. The highest BCUT2D eigenvalue weighted by Gasteiger charge is 2.07. The van der Waals surface area contributed by atoms with Crippen LogP contribution in [0.25, 0.3) is 0 Å². The summed E-state index contributed by atoms with van der Waals surface area (Å²) in [6.45, 7) is 1.90. The lowest BCUT2D eigenvalue weighted by Crippen LogP contribution is -2.16. The van der Waals surface area contributed by atoms with Gasteiger partial charge in [0.05, 0.1) is 5.56 Å². The van der Waals surface area contributed by atoms with Gasteiger partial charge in [-0.1, -0.05) is 0 Å². The number of carboxylic acid groups (broad SMARTS) is 1. The number of nitrogens with one attached hydrogen (secondary N) is 1. The number of hydrogen-bond acceptors (Lipinski definition) is 3. The quantitative estimate of drug-likeness (QED) is 0.793. The summed E-state index contributed by atoms with van der Waals surface area (Å²) in [7, 11) is 4.08. The lowest BCUT2D eigenvalue weighted by molar-refractivity contribution is 0.0696. The van der Waals surface area contributed by atoms with Gasteiger partial charge in [-0.15, -0.1) is 0 Å². The fourth-order valence-electron chi connectivity index (χ4n) is 1.43. The monoisotopic (exact) mass is 300 g/mol. The molecule has 2 N–H and O–H groups in total. The Morgan fingerprint density at radius 1 is 1.47 bits per heavy atom. The molecule has 0 aromatic heterocycles. The minimum Gasteiger partial charge on any atom is -0.478 e. The molecule has 0 aliphatic carbocycles. The Morgan fingerprint density at radius 2 is 2.18 bits per heavy atom. The molecule has 0 atom stereocenters. The summed E-state index contributed by atoms with van der Waals surface area (Å²) >= 11 is 3.25. The average Bonchev–Trinajstić information content (AvgIpc) is 2.23. The molecule has 0 amide bonds. The number of carbonyl (C=O) groups is 1. The van der Waals surface area contributed by atoms with Crippen molar-refractivity contribution in [1.82, 2.24) is 4.90 Å². The molecule has 17 heavy (non-hydrogen) atoms. The van der Waals surface area contributed by atoms with Gasteiger partial charge >= 0.3 is 5.97 Å². The van der Waals surface area contributed by atoms with E-state index in [-0.39, 0.29) is 5.56 Å². The largest absolute Gasteiger partial charge is 0.478 e. The summed E-state index contributed by atoms with van der Waals surface area (Å²) in [6.07, 6.45) is 1.05. The van der Waals surface area contributed by atoms with E-state index in [1.807, 2.05) is 14.1 Å². The summed E-state index contributed by atoms with van der Waals surface area (Å²) in [4.78, 5) is 12.9. The highest BCUT2D eigenvalue weighted by Crippen LogP contribution is 2.21. The molecule has 0 spiro atoms. The van der Waals surface area contributed by atoms with Crippen LogP contribution in [0.3, 0.4) is 0 Å². The molecule has 0 saturated heterocycles. The first-order chi connectivity index (χ1) is 8.00. The van der Waals surface area contributed by atoms with Gasteiger partial charge in [-0.2, -0.15) is 0 Å². The Labute approximate surface area is 110 Å². The second-order valence-electron chi connectivity index (χ2n) is 4.08. The molecule has 1 aromatic carbocycles. The number of anilines is 1. The Kier molecular flexibility index (Phi) is 5.44. The molecule has 0 aliphatic rings. The first kappa shape index (κ1) is 14.0. The van der Waals surface area contributed by atoms with Crippen molar-refractivity contribution >= 4 is 27.6 Å². The van der Waals surface area contributed by atoms with Crippen molar-refractivity contribution in [2.45, 2.75) is 6.42 Å². The third kappa shape index (κ3) is 4.75. The molecule has 0 saturated carbocycles. The van der Waals surface area contributed by atoms with Gasteiger partial charge in [-0.3, -0.25) is 0 Å². The van der Waals surface area contributed by atoms with E-state index < -0.39 is 5.97 Å². The molecule has 5 heteroatoms. The Morgan fingerprint density at radius 3 is 2.71 bits per heavy atom. The molecule has 0 aliphatic heterocycles. The topological polar surface area (TPSA) is 52.6 Å². The molecule has 94 valence electrons. The van der Waals surface area contributed by atoms with Crippen molar-refractivity contribution in [2.75, 3.05) is 32.5 Å². The molecule has 0 fully saturated rings. The molecular weight excluding hydrogens is 284 g/mol. The summed E-state index contributed by atoms with van der Waals surface area (Å²) in [5.41, 5.74) is 1.21. The number of halogens is 1. The Hall–Kier alpha value is -1.07. The van der Waals surface area contributed by atoms with Crippen molar-refractivity contribution in [3.05, 3.63) is 28.2 Å². The second kappa shape index (κ2) is 6.61. The zero-order valence-corrected chi connectivity index (χ0v) is 11.6. The molecule has 0 radical (unpaired) electrons. The molecular formula is C12H17BrN2O2. The van der Waals surface area contributed by atoms with E-state index >= 15 is 0 Å². The van der Waals surface area contributed by atoms with Crippen LogP contribution in [0, 0.1) is 0 Å². The van der Waals surface area contributed by atoms with E-state index in [2.05, 4.69) is 26.1 Å². The highest BCUT2D eigenvalue weighted by atomic mass is 79.9. The van der Waals surface area contributed by atoms with E-state index in [0.29, 0.717) is 4.47 Å². The zero-order valence-electron chi connectivity index (χ0n) is 10.0. The van der Waals surface area contributed by atoms with Crippen LogP contribution in [0.5, 0.6) is 0 Å². The third-order valence-corrected chi connectivity index (χ3v) is 2.97. The van der Waals surface area contributed by atoms with Crippen LogP contribution in [0.15, 0.2) is 22.7 Å². The van der Waals surface area contributed by atoms with Gasteiger partial charge in [0.15, 0.2) is 0 Å². The van der Waals surface area contributed by atoms with E-state index in [9.17, 15) is 4.79 Å². The predicted molar refractivity (Wildman–Crippen MR) is 72.8 cm³/mol. The molecule has 1 rings (SSSR count). The zero-order chi connectivity index (χ0) is 12.8. The van der Waals surface area contributed by atoms with Crippen molar-refractivity contribution in [1.29, 1.82) is 0 Å². The van der Waals surface area contributed by atoms with Crippen molar-refractivity contribution in [3.63, 3.8) is 0 Å². The van der Waals surface area contributed by atoms with Crippen LogP contribution in [-0.4, -0.2) is 43.2 Å². The summed E-state index contributed by atoms with van der Waals surface area (Å²) in [5.74, 6) is -0.920. The number of hydrogen-bond donors (Lipinski definition) is 2. The van der Waals surface area contributed by atoms with E-state index in [0.717, 1.165) is 25.2 Å². The third-order valence-electron chi connectivity index (χ3n) is 2.31. The normalized spacial score (nSPS) is 10.6. The maximum Gasteiger partial charge on any atom is 0.336 e. The standard InChI is InChI=1S/C12H17BrN2O2/c1-15(2)7-3-6-14-9-4-5-10(12(16)17)11(13)8-9/h4-5,8,14H,3,6-7H2,1-2H3,(H,16,17). The number of carboxylic acids is 1. The number of benzene rings is 1. The highest BCUT2D eigenvalue weighted by molar-refractivity contribution is 9.10. The number of rotatable bonds is 6. The van der Waals surface area contributed by atoms with Crippen LogP contribution in [0.2, 0.25) is 0 Å². The fourth-order valence-corrected chi connectivity index (χ4v) is 1.97. The second-order valence-corrected chi connectivity index (χ2v) is 4.94. The van der Waals surface area contributed by atoms with Gasteiger partial charge in [0, 0.05) is 16.7 Å². The van der Waals surface area contributed by atoms with E-state index in [1.54, 1.807) is 18.2 Å². The minimum absolute atomic E-state index is 0.281. The van der Waals surface area contributed by atoms with Gasteiger partial charge in [-0.05, 0) is 61.2 Å². The molecule has 1 aromatic rings. The fraction of sp³-hybridized carbons (Fsp3) is 0.417. The first-order valence-electron chi connectivity index (χ1n) is 5.42. The van der Waals surface area contributed by atoms with Gasteiger partial charge < -0.3 is 15.3 Å². The molecule has 0 bridgehead atoms. The average molecular weight is 301 g/mol. The lowest BCUT2D eigenvalue weighted by atomic mass is 10.2. The van der Waals surface area contributed by atoms with Crippen molar-refractivity contribution < 1.29 is 9.90 Å². The molecule has 4 nitrogen and oxygen atoms in total. The SMILES string of the molecule is CN(C)CCCNc1ccc(C(=O)O)c(Br)c1. The predicted octanol–water partition coefficient (Wildman–Crippen LogP) is 2.51. The smallest absolute Gasteiger partial charge is 0.336 e. The van der Waals surface area contributed by atoms with Gasteiger partial charge in [0.25, 0.3) is 0 Å². The summed E-state index contributed by atoms with van der Waals surface area (Å²) in [6, 6.07) is 5.17. The van der Waals surface area contributed by atoms with E-state index in [4.69, 9.17) is 5.11 Å². The van der Waals surface area contributed by atoms with E-state index in [1.165, 1.54) is 0 Å². The first-order valence-corrected chi connectivity index (χ1v) is 6.21. The molecule has 0 unspecified atom stereocenters. The van der Waals surface area contributed by atoms with Crippen LogP contribution in [0.1, 0.15) is 16.8 Å². The number of aromatic carboxylic acids is 1. The van der Waals surface area contributed by atoms with Gasteiger partial charge in [0.2, 0.25) is 0 Å². The van der Waals surface area contributed by atoms with Crippen molar-refractivity contribution in [3.8, 4) is 0 Å². The van der Waals surface area contributed by atoms with Gasteiger partial charge in [-0.25, -0.2) is 4.79 Å². The Balaban J connectivity index is 2.50. The molecule has 0 heterocycles. The van der Waals surface area contributed by atoms with Crippen LogP contribution < -0.4 is 5.32 Å². The maximum atomic E-state index is 10.8. The minimum atomic E-state index is -0.920. The summed E-state index contributed by atoms with van der Waals surface area (Å²) in [5, 5.41) is 12.1.